The molecular weight excluding hydrogens is 631 g/mol. The van der Waals surface area contributed by atoms with Crippen molar-refractivity contribution in [1.82, 2.24) is 15.3 Å². The SMILES string of the molecule is C[C@H]1[C@@H](CSc2ccccc2)O[C@@H](c2ccc(-c3cccc(CNC(=O)c4cnc5ccccc5n4)c3)cc2)O[C@H]1c1ccc(CO)cc1. The Bertz CT molecular complexity index is 2020. The number of thioether (sulfide) groups is 1. The quantitative estimate of drug-likeness (QED) is 0.142. The highest BCUT2D eigenvalue weighted by atomic mass is 32.2. The summed E-state index contributed by atoms with van der Waals surface area (Å²) in [5.74, 6) is 0.645. The van der Waals surface area contributed by atoms with E-state index >= 15 is 0 Å². The van der Waals surface area contributed by atoms with Gasteiger partial charge in [-0.2, -0.15) is 0 Å². The fourth-order valence-corrected chi connectivity index (χ4v) is 7.13. The number of aromatic nitrogens is 2. The standard InChI is InChI=1S/C41H37N3O4S/c1-27-38(26-49-34-10-3-2-4-11-34)47-41(48-39(27)31-16-14-28(25-45)15-17-31)32-20-18-30(19-21-32)33-9-7-8-29(22-33)23-43-40(46)37-24-42-35-12-5-6-13-36(35)44-37/h2-22,24,27,38-39,41,45H,23,25-26H2,1H3,(H,43,46)/t27-,38+,39+,41+/m0/s1. The van der Waals surface area contributed by atoms with Crippen LogP contribution < -0.4 is 5.32 Å². The number of para-hydroxylation sites is 2. The maximum Gasteiger partial charge on any atom is 0.271 e. The molecule has 49 heavy (non-hydrogen) atoms. The van der Waals surface area contributed by atoms with Crippen LogP contribution in [0.5, 0.6) is 0 Å². The van der Waals surface area contributed by atoms with Gasteiger partial charge in [0.25, 0.3) is 5.91 Å². The summed E-state index contributed by atoms with van der Waals surface area (Å²) < 4.78 is 13.3. The fraction of sp³-hybridized carbons (Fsp3) is 0.195. The summed E-state index contributed by atoms with van der Waals surface area (Å²) in [5.41, 5.74) is 7.69. The van der Waals surface area contributed by atoms with Crippen LogP contribution in [-0.2, 0) is 22.6 Å². The number of fused-ring (bicyclic) bond motifs is 1. The second-order valence-corrected chi connectivity index (χ2v) is 13.3. The molecule has 7 nitrogen and oxygen atoms in total. The predicted molar refractivity (Wildman–Crippen MR) is 193 cm³/mol. The first-order valence-corrected chi connectivity index (χ1v) is 17.4. The van der Waals surface area contributed by atoms with Crippen molar-refractivity contribution in [3.05, 3.63) is 162 Å². The molecule has 1 saturated heterocycles. The monoisotopic (exact) mass is 667 g/mol. The van der Waals surface area contributed by atoms with Gasteiger partial charge < -0.3 is 19.9 Å². The van der Waals surface area contributed by atoms with Gasteiger partial charge in [-0.1, -0.05) is 104 Å². The lowest BCUT2D eigenvalue weighted by Gasteiger charge is -2.41. The Morgan fingerprint density at radius 3 is 2.29 bits per heavy atom. The number of aliphatic hydroxyl groups excluding tert-OH is 1. The van der Waals surface area contributed by atoms with Crippen LogP contribution in [0.1, 0.15) is 52.1 Å². The number of carbonyl (C=O) groups is 1. The van der Waals surface area contributed by atoms with Gasteiger partial charge in [0.15, 0.2) is 6.29 Å². The summed E-state index contributed by atoms with van der Waals surface area (Å²) in [7, 11) is 0. The molecule has 1 fully saturated rings. The van der Waals surface area contributed by atoms with Gasteiger partial charge in [0.2, 0.25) is 0 Å². The molecule has 0 radical (unpaired) electrons. The zero-order chi connectivity index (χ0) is 33.6. The van der Waals surface area contributed by atoms with Crippen LogP contribution in [0.2, 0.25) is 0 Å². The number of ether oxygens (including phenoxy) is 2. The second-order valence-electron chi connectivity index (χ2n) is 12.2. The lowest BCUT2D eigenvalue weighted by Crippen LogP contribution is -2.38. The molecule has 0 aliphatic carbocycles. The topological polar surface area (TPSA) is 93.6 Å². The van der Waals surface area contributed by atoms with Gasteiger partial charge in [-0.3, -0.25) is 9.78 Å². The largest absolute Gasteiger partial charge is 0.392 e. The number of carbonyl (C=O) groups excluding carboxylic acids is 1. The number of hydrogen-bond acceptors (Lipinski definition) is 7. The number of amides is 1. The van der Waals surface area contributed by atoms with Crippen LogP contribution in [0.3, 0.4) is 0 Å². The number of rotatable bonds is 10. The Kier molecular flexibility index (Phi) is 10.1. The molecule has 1 aliphatic heterocycles. The van der Waals surface area contributed by atoms with Crippen LogP contribution in [0.4, 0.5) is 0 Å². The number of nitrogens with zero attached hydrogens (tertiary/aromatic N) is 2. The van der Waals surface area contributed by atoms with Crippen molar-refractivity contribution in [2.24, 2.45) is 5.92 Å². The fourth-order valence-electron chi connectivity index (χ4n) is 6.04. The molecule has 0 unspecified atom stereocenters. The summed E-state index contributed by atoms with van der Waals surface area (Å²) in [5, 5.41) is 12.5. The van der Waals surface area contributed by atoms with E-state index in [-0.39, 0.29) is 36.3 Å². The normalized spacial score (nSPS) is 19.1. The van der Waals surface area contributed by atoms with Gasteiger partial charge in [-0.15, -0.1) is 11.8 Å². The molecule has 246 valence electrons. The Labute approximate surface area is 290 Å². The average molecular weight is 668 g/mol. The third kappa shape index (κ3) is 7.74. The third-order valence-electron chi connectivity index (χ3n) is 8.86. The molecule has 1 amide bonds. The van der Waals surface area contributed by atoms with Crippen LogP contribution >= 0.6 is 11.8 Å². The molecule has 4 atom stereocenters. The minimum Gasteiger partial charge on any atom is -0.392 e. The van der Waals surface area contributed by atoms with E-state index in [2.05, 4.69) is 82.9 Å². The van der Waals surface area contributed by atoms with E-state index in [9.17, 15) is 9.90 Å². The molecule has 1 aliphatic rings. The summed E-state index contributed by atoms with van der Waals surface area (Å²) in [6.45, 7) is 2.56. The number of benzene rings is 5. The Morgan fingerprint density at radius 1 is 0.776 bits per heavy atom. The number of hydrogen-bond donors (Lipinski definition) is 2. The molecule has 5 aromatic carbocycles. The summed E-state index contributed by atoms with van der Waals surface area (Å²) >= 11 is 1.79. The van der Waals surface area contributed by atoms with Crippen molar-refractivity contribution >= 4 is 28.7 Å². The predicted octanol–water partition coefficient (Wildman–Crippen LogP) is 8.30. The molecule has 6 aromatic rings. The van der Waals surface area contributed by atoms with Crippen molar-refractivity contribution < 1.29 is 19.4 Å². The minimum atomic E-state index is -0.533. The first-order valence-electron chi connectivity index (χ1n) is 16.4. The minimum absolute atomic E-state index is 0.00778. The van der Waals surface area contributed by atoms with E-state index in [4.69, 9.17) is 9.47 Å². The van der Waals surface area contributed by atoms with Crippen molar-refractivity contribution in [2.75, 3.05) is 5.75 Å². The molecule has 7 rings (SSSR count). The van der Waals surface area contributed by atoms with Crippen LogP contribution in [-0.4, -0.2) is 32.8 Å². The molecule has 2 heterocycles. The van der Waals surface area contributed by atoms with Crippen molar-refractivity contribution in [3.8, 4) is 11.1 Å². The van der Waals surface area contributed by atoms with E-state index in [0.29, 0.717) is 12.1 Å². The maximum absolute atomic E-state index is 12.9. The van der Waals surface area contributed by atoms with Gasteiger partial charge in [0, 0.05) is 28.7 Å². The highest BCUT2D eigenvalue weighted by molar-refractivity contribution is 7.99. The first-order chi connectivity index (χ1) is 24.0. The highest BCUT2D eigenvalue weighted by Gasteiger charge is 2.38. The van der Waals surface area contributed by atoms with E-state index in [1.165, 1.54) is 11.1 Å². The Hall–Kier alpha value is -4.86. The first kappa shape index (κ1) is 32.7. The smallest absolute Gasteiger partial charge is 0.271 e. The van der Waals surface area contributed by atoms with Gasteiger partial charge in [0.1, 0.15) is 5.69 Å². The van der Waals surface area contributed by atoms with Crippen LogP contribution in [0, 0.1) is 5.92 Å². The lowest BCUT2D eigenvalue weighted by molar-refractivity contribution is -0.268. The summed E-state index contributed by atoms with van der Waals surface area (Å²) in [6, 6.07) is 42.3. The number of nitrogens with one attached hydrogen (secondary N) is 1. The van der Waals surface area contributed by atoms with Gasteiger partial charge in [-0.25, -0.2) is 4.98 Å². The zero-order valence-electron chi connectivity index (χ0n) is 27.1. The molecule has 8 heteroatoms. The summed E-state index contributed by atoms with van der Waals surface area (Å²) in [4.78, 5) is 22.9. The van der Waals surface area contributed by atoms with E-state index in [1.54, 1.807) is 11.8 Å². The second kappa shape index (κ2) is 15.1. The van der Waals surface area contributed by atoms with E-state index in [0.717, 1.165) is 44.7 Å². The number of aliphatic hydroxyl groups is 1. The van der Waals surface area contributed by atoms with Gasteiger partial charge in [0.05, 0.1) is 36.0 Å². The van der Waals surface area contributed by atoms with Gasteiger partial charge >= 0.3 is 0 Å². The Morgan fingerprint density at radius 2 is 1.51 bits per heavy atom. The summed E-state index contributed by atoms with van der Waals surface area (Å²) in [6.07, 6.45) is 0.766. The van der Waals surface area contributed by atoms with Crippen molar-refractivity contribution in [2.45, 2.75) is 43.5 Å². The third-order valence-corrected chi connectivity index (χ3v) is 9.96. The molecular formula is C41H37N3O4S. The van der Waals surface area contributed by atoms with E-state index in [1.807, 2.05) is 66.7 Å². The molecule has 0 saturated carbocycles. The molecule has 0 bridgehead atoms. The molecule has 0 spiro atoms. The molecule has 2 N–H and O–H groups in total. The van der Waals surface area contributed by atoms with Crippen LogP contribution in [0.15, 0.2) is 138 Å². The van der Waals surface area contributed by atoms with Gasteiger partial charge in [-0.05, 0) is 58.1 Å². The average Bonchev–Trinajstić information content (AvgIpc) is 3.17. The Balaban J connectivity index is 1.05. The highest BCUT2D eigenvalue weighted by Crippen LogP contribution is 2.43. The molecule has 1 aromatic heterocycles. The maximum atomic E-state index is 12.9. The zero-order valence-corrected chi connectivity index (χ0v) is 27.9. The van der Waals surface area contributed by atoms with Crippen LogP contribution in [0.25, 0.3) is 22.2 Å². The van der Waals surface area contributed by atoms with Crippen molar-refractivity contribution in [1.29, 1.82) is 0 Å². The van der Waals surface area contributed by atoms with E-state index < -0.39 is 6.29 Å². The van der Waals surface area contributed by atoms with Crippen molar-refractivity contribution in [3.63, 3.8) is 0 Å². The lowest BCUT2D eigenvalue weighted by atomic mass is 9.91.